The summed E-state index contributed by atoms with van der Waals surface area (Å²) in [4.78, 5) is 15.5. The van der Waals surface area contributed by atoms with Gasteiger partial charge in [-0.1, -0.05) is 28.1 Å². The Balaban J connectivity index is 1.81. The van der Waals surface area contributed by atoms with Gasteiger partial charge in [0.05, 0.1) is 12.1 Å². The Hall–Kier alpha value is -1.59. The summed E-state index contributed by atoms with van der Waals surface area (Å²) in [5, 5.41) is 4.07. The molecule has 0 radical (unpaired) electrons. The van der Waals surface area contributed by atoms with Crippen LogP contribution in [0.5, 0.6) is 0 Å². The summed E-state index contributed by atoms with van der Waals surface area (Å²) in [7, 11) is 0. The molecule has 0 aliphatic rings. The lowest BCUT2D eigenvalue weighted by Gasteiger charge is -2.08. The van der Waals surface area contributed by atoms with E-state index in [4.69, 9.17) is 0 Å². The first-order chi connectivity index (χ1) is 10.5. The number of rotatable bonds is 3. The number of carbonyl (C=O) groups is 1. The largest absolute Gasteiger partial charge is 0.361 e. The fourth-order valence-corrected chi connectivity index (χ4v) is 3.70. The van der Waals surface area contributed by atoms with Crippen molar-refractivity contribution in [1.82, 2.24) is 4.98 Å². The number of fused-ring (bicyclic) bond motifs is 1. The molecule has 3 aromatic rings. The second-order valence-corrected chi connectivity index (χ2v) is 6.93. The molecule has 0 unspecified atom stereocenters. The van der Waals surface area contributed by atoms with Crippen LogP contribution >= 0.6 is 31.9 Å². The van der Waals surface area contributed by atoms with E-state index in [9.17, 15) is 4.79 Å². The Morgan fingerprint density at radius 2 is 2.05 bits per heavy atom. The highest BCUT2D eigenvalue weighted by Gasteiger charge is 2.11. The molecule has 0 aliphatic heterocycles. The molecular formula is C17H14Br2N2O. The lowest BCUT2D eigenvalue weighted by atomic mass is 10.1. The van der Waals surface area contributed by atoms with Gasteiger partial charge in [0.2, 0.25) is 5.91 Å². The molecule has 22 heavy (non-hydrogen) atoms. The quantitative estimate of drug-likeness (QED) is 0.601. The molecule has 3 rings (SSSR count). The summed E-state index contributed by atoms with van der Waals surface area (Å²) in [5.74, 6) is -0.0350. The van der Waals surface area contributed by atoms with E-state index in [0.717, 1.165) is 31.1 Å². The van der Waals surface area contributed by atoms with Crippen LogP contribution in [0.2, 0.25) is 0 Å². The number of hydrogen-bond donors (Lipinski definition) is 2. The normalized spacial score (nSPS) is 10.9. The highest BCUT2D eigenvalue weighted by atomic mass is 79.9. The third kappa shape index (κ3) is 3.10. The van der Waals surface area contributed by atoms with E-state index in [1.807, 2.05) is 36.5 Å². The minimum atomic E-state index is -0.0350. The first kappa shape index (κ1) is 15.3. The van der Waals surface area contributed by atoms with E-state index in [-0.39, 0.29) is 5.91 Å². The monoisotopic (exact) mass is 420 g/mol. The highest BCUT2D eigenvalue weighted by molar-refractivity contribution is 9.11. The molecule has 0 atom stereocenters. The molecule has 112 valence electrons. The molecule has 0 bridgehead atoms. The second-order valence-electron chi connectivity index (χ2n) is 5.16. The van der Waals surface area contributed by atoms with Crippen molar-refractivity contribution >= 4 is 54.4 Å². The molecule has 1 heterocycles. The standard InChI is InChI=1S/C17H14Br2N2O/c1-10-3-2-4-15-17(10)11(9-20-15)7-16(22)21-14-6-5-12(18)8-13(14)19/h2-6,8-9,20H,7H2,1H3,(H,21,22). The third-order valence-electron chi connectivity index (χ3n) is 3.55. The Morgan fingerprint density at radius 3 is 2.82 bits per heavy atom. The van der Waals surface area contributed by atoms with Crippen molar-refractivity contribution in [2.24, 2.45) is 0 Å². The minimum absolute atomic E-state index is 0.0350. The number of anilines is 1. The fraction of sp³-hybridized carbons (Fsp3) is 0.118. The number of aryl methyl sites for hydroxylation is 1. The summed E-state index contributed by atoms with van der Waals surface area (Å²) < 4.78 is 1.81. The average Bonchev–Trinajstić information content (AvgIpc) is 2.86. The van der Waals surface area contributed by atoms with Crippen molar-refractivity contribution in [2.45, 2.75) is 13.3 Å². The summed E-state index contributed by atoms with van der Waals surface area (Å²) in [6.07, 6.45) is 2.25. The predicted molar refractivity (Wildman–Crippen MR) is 97.2 cm³/mol. The minimum Gasteiger partial charge on any atom is -0.361 e. The number of hydrogen-bond acceptors (Lipinski definition) is 1. The predicted octanol–water partition coefficient (Wildman–Crippen LogP) is 5.18. The van der Waals surface area contributed by atoms with Gasteiger partial charge in [0.1, 0.15) is 0 Å². The lowest BCUT2D eigenvalue weighted by Crippen LogP contribution is -2.14. The fourth-order valence-electron chi connectivity index (χ4n) is 2.55. The number of halogens is 2. The van der Waals surface area contributed by atoms with E-state index in [0.29, 0.717) is 6.42 Å². The maximum atomic E-state index is 12.3. The molecular weight excluding hydrogens is 408 g/mol. The summed E-state index contributed by atoms with van der Waals surface area (Å²) in [6, 6.07) is 11.8. The summed E-state index contributed by atoms with van der Waals surface area (Å²) in [5.41, 5.74) is 4.02. The van der Waals surface area contributed by atoms with Crippen LogP contribution in [-0.4, -0.2) is 10.9 Å². The highest BCUT2D eigenvalue weighted by Crippen LogP contribution is 2.27. The molecule has 2 aromatic carbocycles. The molecule has 0 saturated carbocycles. The van der Waals surface area contributed by atoms with Crippen molar-refractivity contribution in [1.29, 1.82) is 0 Å². The zero-order chi connectivity index (χ0) is 15.7. The van der Waals surface area contributed by atoms with Crippen molar-refractivity contribution in [3.05, 3.63) is 62.7 Å². The van der Waals surface area contributed by atoms with Gasteiger partial charge in [-0.25, -0.2) is 0 Å². The van der Waals surface area contributed by atoms with Crippen LogP contribution in [0.25, 0.3) is 10.9 Å². The molecule has 1 aromatic heterocycles. The molecule has 0 saturated heterocycles. The summed E-state index contributed by atoms with van der Waals surface area (Å²) >= 11 is 6.85. The van der Waals surface area contributed by atoms with Crippen molar-refractivity contribution in [3.8, 4) is 0 Å². The van der Waals surface area contributed by atoms with E-state index < -0.39 is 0 Å². The van der Waals surface area contributed by atoms with Crippen molar-refractivity contribution < 1.29 is 4.79 Å². The number of nitrogens with one attached hydrogen (secondary N) is 2. The zero-order valence-electron chi connectivity index (χ0n) is 11.9. The molecule has 0 fully saturated rings. The van der Waals surface area contributed by atoms with Crippen LogP contribution in [0.15, 0.2) is 51.5 Å². The maximum Gasteiger partial charge on any atom is 0.228 e. The van der Waals surface area contributed by atoms with E-state index in [1.54, 1.807) is 0 Å². The second kappa shape index (κ2) is 6.26. The van der Waals surface area contributed by atoms with Gasteiger partial charge in [-0.15, -0.1) is 0 Å². The molecule has 0 aliphatic carbocycles. The molecule has 1 amide bonds. The SMILES string of the molecule is Cc1cccc2[nH]cc(CC(=O)Nc3ccc(Br)cc3Br)c12. The van der Waals surface area contributed by atoms with Crippen molar-refractivity contribution in [3.63, 3.8) is 0 Å². The third-order valence-corrected chi connectivity index (χ3v) is 4.70. The van der Waals surface area contributed by atoms with Gasteiger partial charge in [0.25, 0.3) is 0 Å². The first-order valence-electron chi connectivity index (χ1n) is 6.85. The van der Waals surface area contributed by atoms with Gasteiger partial charge in [0.15, 0.2) is 0 Å². The summed E-state index contributed by atoms with van der Waals surface area (Å²) in [6.45, 7) is 2.06. The molecule has 2 N–H and O–H groups in total. The zero-order valence-corrected chi connectivity index (χ0v) is 15.1. The van der Waals surface area contributed by atoms with Crippen LogP contribution in [-0.2, 0) is 11.2 Å². The van der Waals surface area contributed by atoms with Crippen LogP contribution in [0.1, 0.15) is 11.1 Å². The van der Waals surface area contributed by atoms with Gasteiger partial charge < -0.3 is 10.3 Å². The molecule has 0 spiro atoms. The Bertz CT molecular complexity index is 855. The van der Waals surface area contributed by atoms with Gasteiger partial charge in [-0.3, -0.25) is 4.79 Å². The van der Waals surface area contributed by atoms with Crippen LogP contribution in [0.4, 0.5) is 5.69 Å². The molecule has 5 heteroatoms. The van der Waals surface area contributed by atoms with E-state index >= 15 is 0 Å². The lowest BCUT2D eigenvalue weighted by molar-refractivity contribution is -0.115. The van der Waals surface area contributed by atoms with E-state index in [1.165, 1.54) is 5.56 Å². The number of amides is 1. The van der Waals surface area contributed by atoms with E-state index in [2.05, 4.69) is 55.2 Å². The van der Waals surface area contributed by atoms with Gasteiger partial charge in [0, 0.05) is 26.0 Å². The van der Waals surface area contributed by atoms with Crippen LogP contribution in [0.3, 0.4) is 0 Å². The number of carbonyl (C=O) groups excluding carboxylic acids is 1. The number of benzene rings is 2. The van der Waals surface area contributed by atoms with Crippen molar-refractivity contribution in [2.75, 3.05) is 5.32 Å². The number of aromatic nitrogens is 1. The Morgan fingerprint density at radius 1 is 1.23 bits per heavy atom. The Labute approximate surface area is 145 Å². The first-order valence-corrected chi connectivity index (χ1v) is 8.43. The number of H-pyrrole nitrogens is 1. The average molecular weight is 422 g/mol. The topological polar surface area (TPSA) is 44.9 Å². The van der Waals surface area contributed by atoms with Crippen LogP contribution in [0, 0.1) is 6.92 Å². The Kier molecular flexibility index (Phi) is 4.36. The van der Waals surface area contributed by atoms with Gasteiger partial charge in [-0.05, 0) is 58.2 Å². The molecule has 3 nitrogen and oxygen atoms in total. The number of aromatic amines is 1. The van der Waals surface area contributed by atoms with Gasteiger partial charge >= 0.3 is 0 Å². The smallest absolute Gasteiger partial charge is 0.228 e. The maximum absolute atomic E-state index is 12.3. The van der Waals surface area contributed by atoms with Crippen LogP contribution < -0.4 is 5.32 Å². The van der Waals surface area contributed by atoms with Gasteiger partial charge in [-0.2, -0.15) is 0 Å².